The van der Waals surface area contributed by atoms with E-state index in [1.54, 1.807) is 30.3 Å². The maximum atomic E-state index is 6.11. The zero-order valence-corrected chi connectivity index (χ0v) is 14.4. The number of aromatic nitrogens is 2. The number of imidazole rings is 1. The van der Waals surface area contributed by atoms with E-state index in [-0.39, 0.29) is 6.10 Å². The molecule has 3 aromatic rings. The van der Waals surface area contributed by atoms with Crippen LogP contribution in [0.15, 0.2) is 30.3 Å². The zero-order chi connectivity index (χ0) is 15.9. The number of aromatic amines is 1. The number of hydrogen-bond acceptors (Lipinski definition) is 2. The van der Waals surface area contributed by atoms with Crippen LogP contribution in [0, 0.1) is 0 Å². The average molecular weight is 376 g/mol. The number of benzene rings is 2. The van der Waals surface area contributed by atoms with Gasteiger partial charge in [-0.15, -0.1) is 0 Å². The van der Waals surface area contributed by atoms with E-state index in [1.165, 1.54) is 0 Å². The van der Waals surface area contributed by atoms with Gasteiger partial charge in [0.25, 0.3) is 0 Å². The fraction of sp³-hybridized carbons (Fsp3) is 0.133. The van der Waals surface area contributed by atoms with Crippen molar-refractivity contribution in [1.82, 2.24) is 9.97 Å². The highest BCUT2D eigenvalue weighted by Gasteiger charge is 2.15. The molecule has 1 aromatic heterocycles. The van der Waals surface area contributed by atoms with Crippen LogP contribution < -0.4 is 4.74 Å². The highest BCUT2D eigenvalue weighted by atomic mass is 35.5. The number of fused-ring (bicyclic) bond motifs is 1. The van der Waals surface area contributed by atoms with Crippen molar-refractivity contribution in [2.75, 3.05) is 0 Å². The topological polar surface area (TPSA) is 37.9 Å². The van der Waals surface area contributed by atoms with Crippen LogP contribution in [0.2, 0.25) is 20.1 Å². The number of rotatable bonds is 3. The summed E-state index contributed by atoms with van der Waals surface area (Å²) in [4.78, 5) is 7.63. The molecule has 0 radical (unpaired) electrons. The molecule has 1 N–H and O–H groups in total. The Balaban J connectivity index is 1.90. The standard InChI is InChI=1S/C15H10Cl4N2O/c1-7(22-14-3-2-8(16)4-11(14)19)15-20-12-5-9(17)10(18)6-13(12)21-15/h2-7H,1H3,(H,20,21). The third-order valence-corrected chi connectivity index (χ3v) is 4.38. The van der Waals surface area contributed by atoms with Gasteiger partial charge in [0.2, 0.25) is 0 Å². The van der Waals surface area contributed by atoms with Gasteiger partial charge in [-0.3, -0.25) is 0 Å². The molecule has 0 spiro atoms. The first-order valence-corrected chi connectivity index (χ1v) is 7.91. The molecular formula is C15H10Cl4N2O. The molecule has 2 aromatic carbocycles. The van der Waals surface area contributed by atoms with Crippen molar-refractivity contribution in [2.24, 2.45) is 0 Å². The number of nitrogens with zero attached hydrogens (tertiary/aromatic N) is 1. The molecule has 0 aliphatic rings. The molecule has 0 saturated carbocycles. The number of hydrogen-bond donors (Lipinski definition) is 1. The largest absolute Gasteiger partial charge is 0.481 e. The molecule has 0 aliphatic carbocycles. The van der Waals surface area contributed by atoms with Gasteiger partial charge in [-0.1, -0.05) is 46.4 Å². The maximum absolute atomic E-state index is 6.11. The first-order chi connectivity index (χ1) is 10.4. The lowest BCUT2D eigenvalue weighted by Crippen LogP contribution is -2.05. The van der Waals surface area contributed by atoms with E-state index in [4.69, 9.17) is 51.1 Å². The summed E-state index contributed by atoms with van der Waals surface area (Å²) in [6, 6.07) is 8.51. The summed E-state index contributed by atoms with van der Waals surface area (Å²) in [5, 5.41) is 1.93. The highest BCUT2D eigenvalue weighted by molar-refractivity contribution is 6.42. The van der Waals surface area contributed by atoms with Gasteiger partial charge in [0, 0.05) is 5.02 Å². The summed E-state index contributed by atoms with van der Waals surface area (Å²) in [5.41, 5.74) is 1.52. The van der Waals surface area contributed by atoms with Gasteiger partial charge in [-0.05, 0) is 37.3 Å². The first kappa shape index (κ1) is 15.8. The average Bonchev–Trinajstić information content (AvgIpc) is 2.85. The molecule has 0 aliphatic heterocycles. The molecule has 0 amide bonds. The molecule has 0 bridgehead atoms. The predicted molar refractivity (Wildman–Crippen MR) is 91.6 cm³/mol. The van der Waals surface area contributed by atoms with Gasteiger partial charge in [-0.25, -0.2) is 4.98 Å². The third kappa shape index (κ3) is 3.13. The summed E-state index contributed by atoms with van der Waals surface area (Å²) in [5.74, 6) is 1.19. The van der Waals surface area contributed by atoms with Crippen molar-refractivity contribution in [2.45, 2.75) is 13.0 Å². The van der Waals surface area contributed by atoms with E-state index < -0.39 is 0 Å². The normalized spacial score (nSPS) is 12.6. The molecule has 7 heteroatoms. The Morgan fingerprint density at radius 1 is 1.00 bits per heavy atom. The molecular weight excluding hydrogens is 366 g/mol. The van der Waals surface area contributed by atoms with Crippen molar-refractivity contribution in [3.63, 3.8) is 0 Å². The Labute approximate surface area is 147 Å². The van der Waals surface area contributed by atoms with E-state index in [2.05, 4.69) is 9.97 Å². The summed E-state index contributed by atoms with van der Waals surface area (Å²) >= 11 is 24.0. The lowest BCUT2D eigenvalue weighted by atomic mass is 10.3. The number of halogens is 4. The second-order valence-electron chi connectivity index (χ2n) is 4.74. The first-order valence-electron chi connectivity index (χ1n) is 6.40. The predicted octanol–water partition coefficient (Wildman–Crippen LogP) is 6.32. The number of nitrogens with one attached hydrogen (secondary N) is 1. The van der Waals surface area contributed by atoms with Gasteiger partial charge in [0.15, 0.2) is 6.10 Å². The lowest BCUT2D eigenvalue weighted by Gasteiger charge is -2.13. The van der Waals surface area contributed by atoms with Crippen LogP contribution in [-0.4, -0.2) is 9.97 Å². The van der Waals surface area contributed by atoms with Crippen molar-refractivity contribution in [3.05, 3.63) is 56.2 Å². The number of H-pyrrole nitrogens is 1. The van der Waals surface area contributed by atoms with E-state index in [1.807, 2.05) is 6.92 Å². The Hall–Kier alpha value is -1.13. The zero-order valence-electron chi connectivity index (χ0n) is 11.3. The second kappa shape index (κ2) is 6.17. The van der Waals surface area contributed by atoms with Crippen LogP contribution in [0.5, 0.6) is 5.75 Å². The van der Waals surface area contributed by atoms with Gasteiger partial charge in [-0.2, -0.15) is 0 Å². The van der Waals surface area contributed by atoms with Crippen LogP contribution in [0.1, 0.15) is 18.9 Å². The van der Waals surface area contributed by atoms with Crippen LogP contribution in [0.4, 0.5) is 0 Å². The molecule has 3 rings (SSSR count). The molecule has 114 valence electrons. The van der Waals surface area contributed by atoms with Crippen molar-refractivity contribution in [1.29, 1.82) is 0 Å². The monoisotopic (exact) mass is 374 g/mol. The van der Waals surface area contributed by atoms with Crippen LogP contribution in [0.3, 0.4) is 0 Å². The minimum atomic E-state index is -0.330. The van der Waals surface area contributed by atoms with Gasteiger partial charge in [0.05, 0.1) is 26.1 Å². The summed E-state index contributed by atoms with van der Waals surface area (Å²) < 4.78 is 5.83. The molecule has 22 heavy (non-hydrogen) atoms. The van der Waals surface area contributed by atoms with Gasteiger partial charge < -0.3 is 9.72 Å². The van der Waals surface area contributed by atoms with Crippen LogP contribution in [0.25, 0.3) is 11.0 Å². The Bertz CT molecular complexity index is 808. The van der Waals surface area contributed by atoms with Crippen molar-refractivity contribution < 1.29 is 4.74 Å². The Morgan fingerprint density at radius 3 is 2.45 bits per heavy atom. The maximum Gasteiger partial charge on any atom is 0.153 e. The van der Waals surface area contributed by atoms with E-state index in [0.717, 1.165) is 11.0 Å². The minimum absolute atomic E-state index is 0.330. The molecule has 1 atom stereocenters. The molecule has 1 unspecified atom stereocenters. The Morgan fingerprint density at radius 2 is 1.73 bits per heavy atom. The summed E-state index contributed by atoms with van der Waals surface area (Å²) in [7, 11) is 0. The molecule has 1 heterocycles. The van der Waals surface area contributed by atoms with E-state index >= 15 is 0 Å². The van der Waals surface area contributed by atoms with E-state index in [9.17, 15) is 0 Å². The smallest absolute Gasteiger partial charge is 0.153 e. The Kier molecular flexibility index (Phi) is 4.42. The van der Waals surface area contributed by atoms with Gasteiger partial charge >= 0.3 is 0 Å². The SMILES string of the molecule is CC(Oc1ccc(Cl)cc1Cl)c1nc2cc(Cl)c(Cl)cc2[nH]1. The van der Waals surface area contributed by atoms with Crippen molar-refractivity contribution in [3.8, 4) is 5.75 Å². The second-order valence-corrected chi connectivity index (χ2v) is 6.40. The summed E-state index contributed by atoms with van der Waals surface area (Å²) in [6.07, 6.45) is -0.330. The highest BCUT2D eigenvalue weighted by Crippen LogP contribution is 2.32. The third-order valence-electron chi connectivity index (χ3n) is 3.12. The minimum Gasteiger partial charge on any atom is -0.481 e. The van der Waals surface area contributed by atoms with E-state index in [0.29, 0.717) is 31.7 Å². The molecule has 3 nitrogen and oxygen atoms in total. The fourth-order valence-electron chi connectivity index (χ4n) is 2.03. The lowest BCUT2D eigenvalue weighted by molar-refractivity contribution is 0.218. The number of ether oxygens (including phenoxy) is 1. The fourth-order valence-corrected chi connectivity index (χ4v) is 2.81. The van der Waals surface area contributed by atoms with Crippen LogP contribution in [-0.2, 0) is 0 Å². The van der Waals surface area contributed by atoms with Crippen LogP contribution >= 0.6 is 46.4 Å². The van der Waals surface area contributed by atoms with Crippen molar-refractivity contribution >= 4 is 57.4 Å². The van der Waals surface area contributed by atoms with Gasteiger partial charge in [0.1, 0.15) is 11.6 Å². The molecule has 0 saturated heterocycles. The summed E-state index contributed by atoms with van der Waals surface area (Å²) in [6.45, 7) is 1.87. The quantitative estimate of drug-likeness (QED) is 0.581. The molecule has 0 fully saturated rings.